The highest BCUT2D eigenvalue weighted by atomic mass is 16.6. The second kappa shape index (κ2) is 2.97. The summed E-state index contributed by atoms with van der Waals surface area (Å²) >= 11 is 0. The van der Waals surface area contributed by atoms with E-state index in [0.717, 1.165) is 5.69 Å². The van der Waals surface area contributed by atoms with Gasteiger partial charge < -0.3 is 9.84 Å². The zero-order valence-corrected chi connectivity index (χ0v) is 6.93. The molecule has 0 unspecified atom stereocenters. The van der Waals surface area contributed by atoms with Gasteiger partial charge in [0.05, 0.1) is 6.54 Å². The molecular weight excluding hydrogens is 170 g/mol. The van der Waals surface area contributed by atoms with Gasteiger partial charge in [0.1, 0.15) is 12.4 Å². The molecule has 1 aliphatic heterocycles. The molecule has 1 amide bonds. The lowest BCUT2D eigenvalue weighted by Gasteiger charge is -2.11. The SMILES string of the molecule is O=C1OCCN1c1ccc(O)cc1. The highest BCUT2D eigenvalue weighted by Crippen LogP contribution is 2.20. The lowest BCUT2D eigenvalue weighted by atomic mass is 10.3. The summed E-state index contributed by atoms with van der Waals surface area (Å²) in [4.78, 5) is 12.6. The van der Waals surface area contributed by atoms with Crippen LogP contribution in [0.1, 0.15) is 0 Å². The van der Waals surface area contributed by atoms with Crippen molar-refractivity contribution in [3.05, 3.63) is 24.3 Å². The lowest BCUT2D eigenvalue weighted by Crippen LogP contribution is -2.22. The molecule has 0 spiro atoms. The Balaban J connectivity index is 2.25. The average Bonchev–Trinajstić information content (AvgIpc) is 2.53. The van der Waals surface area contributed by atoms with E-state index >= 15 is 0 Å². The van der Waals surface area contributed by atoms with Crippen molar-refractivity contribution in [1.82, 2.24) is 0 Å². The van der Waals surface area contributed by atoms with E-state index < -0.39 is 0 Å². The minimum atomic E-state index is -0.328. The van der Waals surface area contributed by atoms with Gasteiger partial charge in [-0.1, -0.05) is 0 Å². The van der Waals surface area contributed by atoms with Crippen molar-refractivity contribution in [1.29, 1.82) is 0 Å². The summed E-state index contributed by atoms with van der Waals surface area (Å²) in [5.74, 6) is 0.191. The van der Waals surface area contributed by atoms with Crippen LogP contribution in [0.5, 0.6) is 5.75 Å². The van der Waals surface area contributed by atoms with Crippen LogP contribution in [-0.4, -0.2) is 24.4 Å². The summed E-state index contributed by atoms with van der Waals surface area (Å²) in [6.07, 6.45) is -0.328. The molecule has 68 valence electrons. The van der Waals surface area contributed by atoms with E-state index in [1.807, 2.05) is 0 Å². The Bertz CT molecular complexity index is 320. The number of anilines is 1. The molecule has 4 nitrogen and oxygen atoms in total. The molecule has 0 bridgehead atoms. The summed E-state index contributed by atoms with van der Waals surface area (Å²) in [6, 6.07) is 6.45. The Morgan fingerprint density at radius 3 is 2.54 bits per heavy atom. The molecule has 0 radical (unpaired) electrons. The van der Waals surface area contributed by atoms with Crippen LogP contribution in [0.4, 0.5) is 10.5 Å². The van der Waals surface area contributed by atoms with Crippen molar-refractivity contribution in [2.75, 3.05) is 18.1 Å². The fraction of sp³-hybridized carbons (Fsp3) is 0.222. The minimum Gasteiger partial charge on any atom is -0.508 e. The first kappa shape index (κ1) is 7.91. The zero-order valence-electron chi connectivity index (χ0n) is 6.93. The van der Waals surface area contributed by atoms with Gasteiger partial charge in [0, 0.05) is 5.69 Å². The molecule has 1 aromatic rings. The first-order chi connectivity index (χ1) is 6.27. The highest BCUT2D eigenvalue weighted by Gasteiger charge is 2.22. The van der Waals surface area contributed by atoms with Crippen molar-refractivity contribution < 1.29 is 14.6 Å². The van der Waals surface area contributed by atoms with Gasteiger partial charge >= 0.3 is 6.09 Å². The molecule has 13 heavy (non-hydrogen) atoms. The van der Waals surface area contributed by atoms with Crippen LogP contribution in [-0.2, 0) is 4.74 Å². The van der Waals surface area contributed by atoms with Crippen molar-refractivity contribution in [2.45, 2.75) is 0 Å². The number of amides is 1. The van der Waals surface area contributed by atoms with Gasteiger partial charge in [-0.05, 0) is 24.3 Å². The van der Waals surface area contributed by atoms with Crippen LogP contribution in [0.15, 0.2) is 24.3 Å². The summed E-state index contributed by atoms with van der Waals surface area (Å²) < 4.78 is 4.77. The van der Waals surface area contributed by atoms with Crippen LogP contribution in [0.25, 0.3) is 0 Å². The van der Waals surface area contributed by atoms with E-state index in [4.69, 9.17) is 9.84 Å². The summed E-state index contributed by atoms with van der Waals surface area (Å²) in [5, 5.41) is 9.03. The zero-order chi connectivity index (χ0) is 9.26. The molecule has 0 atom stereocenters. The maximum atomic E-state index is 11.1. The fourth-order valence-corrected chi connectivity index (χ4v) is 1.26. The number of phenols is 1. The standard InChI is InChI=1S/C9H9NO3/c11-8-3-1-7(2-4-8)10-5-6-13-9(10)12/h1-4,11H,5-6H2. The Kier molecular flexibility index (Phi) is 1.81. The normalized spacial score (nSPS) is 16.0. The van der Waals surface area contributed by atoms with Gasteiger partial charge in [-0.2, -0.15) is 0 Å². The molecule has 1 aromatic carbocycles. The molecule has 2 rings (SSSR count). The third-order valence-corrected chi connectivity index (χ3v) is 1.92. The highest BCUT2D eigenvalue weighted by molar-refractivity contribution is 5.89. The predicted octanol–water partition coefficient (Wildman–Crippen LogP) is 1.35. The number of phenolic OH excluding ortho intramolecular Hbond substituents is 1. The molecule has 0 saturated carbocycles. The van der Waals surface area contributed by atoms with Gasteiger partial charge in [0.25, 0.3) is 0 Å². The number of benzene rings is 1. The number of hydrogen-bond donors (Lipinski definition) is 1. The summed E-state index contributed by atoms with van der Waals surface area (Å²) in [7, 11) is 0. The molecule has 4 heteroatoms. The van der Waals surface area contributed by atoms with Gasteiger partial charge in [0.2, 0.25) is 0 Å². The predicted molar refractivity (Wildman–Crippen MR) is 46.8 cm³/mol. The van der Waals surface area contributed by atoms with E-state index in [-0.39, 0.29) is 11.8 Å². The monoisotopic (exact) mass is 179 g/mol. The lowest BCUT2D eigenvalue weighted by molar-refractivity contribution is 0.181. The molecule has 1 aliphatic rings. The van der Waals surface area contributed by atoms with E-state index in [1.165, 1.54) is 4.90 Å². The Hall–Kier alpha value is -1.71. The second-order valence-corrected chi connectivity index (χ2v) is 2.78. The first-order valence-electron chi connectivity index (χ1n) is 4.01. The van der Waals surface area contributed by atoms with Crippen LogP contribution < -0.4 is 4.90 Å². The average molecular weight is 179 g/mol. The number of cyclic esters (lactones) is 1. The van der Waals surface area contributed by atoms with Crippen LogP contribution in [0.3, 0.4) is 0 Å². The molecule has 1 saturated heterocycles. The summed E-state index contributed by atoms with van der Waals surface area (Å²) in [5.41, 5.74) is 0.750. The minimum absolute atomic E-state index is 0.191. The molecular formula is C9H9NO3. The van der Waals surface area contributed by atoms with Gasteiger partial charge in [0.15, 0.2) is 0 Å². The van der Waals surface area contributed by atoms with Crippen molar-refractivity contribution >= 4 is 11.8 Å². The largest absolute Gasteiger partial charge is 0.508 e. The molecule has 0 aromatic heterocycles. The smallest absolute Gasteiger partial charge is 0.414 e. The quantitative estimate of drug-likeness (QED) is 0.707. The molecule has 1 N–H and O–H groups in total. The topological polar surface area (TPSA) is 49.8 Å². The number of aromatic hydroxyl groups is 1. The number of rotatable bonds is 1. The van der Waals surface area contributed by atoms with Crippen molar-refractivity contribution in [3.8, 4) is 5.75 Å². The number of ether oxygens (including phenoxy) is 1. The fourth-order valence-electron chi connectivity index (χ4n) is 1.26. The summed E-state index contributed by atoms with van der Waals surface area (Å²) in [6.45, 7) is 1.00. The molecule has 1 heterocycles. The molecule has 1 fully saturated rings. The van der Waals surface area contributed by atoms with E-state index in [9.17, 15) is 4.79 Å². The van der Waals surface area contributed by atoms with Crippen LogP contribution in [0, 0.1) is 0 Å². The maximum Gasteiger partial charge on any atom is 0.414 e. The Morgan fingerprint density at radius 2 is 2.00 bits per heavy atom. The van der Waals surface area contributed by atoms with Crippen LogP contribution in [0.2, 0.25) is 0 Å². The van der Waals surface area contributed by atoms with E-state index in [0.29, 0.717) is 13.2 Å². The number of carbonyl (C=O) groups excluding carboxylic acids is 1. The third-order valence-electron chi connectivity index (χ3n) is 1.92. The van der Waals surface area contributed by atoms with Crippen LogP contribution >= 0.6 is 0 Å². The van der Waals surface area contributed by atoms with E-state index in [1.54, 1.807) is 24.3 Å². The first-order valence-corrected chi connectivity index (χ1v) is 4.01. The van der Waals surface area contributed by atoms with Gasteiger partial charge in [-0.25, -0.2) is 4.79 Å². The van der Waals surface area contributed by atoms with Gasteiger partial charge in [-0.3, -0.25) is 4.90 Å². The maximum absolute atomic E-state index is 11.1. The van der Waals surface area contributed by atoms with E-state index in [2.05, 4.69) is 0 Å². The second-order valence-electron chi connectivity index (χ2n) is 2.78. The number of hydrogen-bond acceptors (Lipinski definition) is 3. The molecule has 0 aliphatic carbocycles. The van der Waals surface area contributed by atoms with Gasteiger partial charge in [-0.15, -0.1) is 0 Å². The Labute approximate surface area is 75.3 Å². The Morgan fingerprint density at radius 1 is 1.31 bits per heavy atom. The van der Waals surface area contributed by atoms with Crippen molar-refractivity contribution in [3.63, 3.8) is 0 Å². The number of nitrogens with zero attached hydrogens (tertiary/aromatic N) is 1. The third kappa shape index (κ3) is 1.42. The number of carbonyl (C=O) groups is 1. The van der Waals surface area contributed by atoms with Crippen molar-refractivity contribution in [2.24, 2.45) is 0 Å².